The summed E-state index contributed by atoms with van der Waals surface area (Å²) in [7, 11) is 0. The first-order valence-electron chi connectivity index (χ1n) is 8.74. The number of ether oxygens (including phenoxy) is 1. The van der Waals surface area contributed by atoms with Crippen molar-refractivity contribution in [2.24, 2.45) is 0 Å². The molecule has 0 saturated heterocycles. The van der Waals surface area contributed by atoms with E-state index >= 15 is 0 Å². The Hall–Kier alpha value is -2.82. The highest BCUT2D eigenvalue weighted by atomic mass is 16.5. The minimum Gasteiger partial charge on any atom is -0.493 e. The third-order valence-electron chi connectivity index (χ3n) is 4.34. The molecule has 1 heterocycles. The first kappa shape index (κ1) is 18.0. The molecule has 26 heavy (non-hydrogen) atoms. The highest BCUT2D eigenvalue weighted by molar-refractivity contribution is 6.00. The predicted octanol–water partition coefficient (Wildman–Crippen LogP) is 3.52. The van der Waals surface area contributed by atoms with E-state index in [0.717, 1.165) is 16.9 Å². The Bertz CT molecular complexity index is 853. The Balaban J connectivity index is 1.89. The quantitative estimate of drug-likeness (QED) is 0.842. The maximum absolute atomic E-state index is 13.0. The van der Waals surface area contributed by atoms with Crippen molar-refractivity contribution in [1.82, 2.24) is 10.4 Å². The molecule has 5 heteroatoms. The topological polar surface area (TPSA) is 58.6 Å². The van der Waals surface area contributed by atoms with Gasteiger partial charge in [0.2, 0.25) is 0 Å². The number of hydrazine groups is 1. The zero-order valence-corrected chi connectivity index (χ0v) is 15.6. The van der Waals surface area contributed by atoms with E-state index < -0.39 is 5.54 Å². The van der Waals surface area contributed by atoms with Crippen LogP contribution >= 0.6 is 0 Å². The first-order chi connectivity index (χ1) is 12.3. The molecule has 1 aliphatic rings. The summed E-state index contributed by atoms with van der Waals surface area (Å²) in [5.74, 6) is 0.201. The fourth-order valence-electron chi connectivity index (χ4n) is 3.03. The summed E-state index contributed by atoms with van der Waals surface area (Å²) in [6.07, 6.45) is 0.695. The molecule has 2 amide bonds. The SMILES string of the molecule is Cc1cccc(C(=O)N(NC(=O)c2cccc3c2CCO3)C(C)(C)C)c1. The van der Waals surface area contributed by atoms with Crippen molar-refractivity contribution in [2.45, 2.75) is 39.7 Å². The van der Waals surface area contributed by atoms with Gasteiger partial charge < -0.3 is 4.74 Å². The van der Waals surface area contributed by atoms with Crippen LogP contribution in [0.4, 0.5) is 0 Å². The van der Waals surface area contributed by atoms with E-state index in [2.05, 4.69) is 5.43 Å². The van der Waals surface area contributed by atoms with Gasteiger partial charge in [-0.3, -0.25) is 15.0 Å². The first-order valence-corrected chi connectivity index (χ1v) is 8.74. The normalized spacial score (nSPS) is 12.9. The maximum atomic E-state index is 13.0. The molecular formula is C21H24N2O3. The van der Waals surface area contributed by atoms with E-state index in [9.17, 15) is 9.59 Å². The molecule has 0 atom stereocenters. The highest BCUT2D eigenvalue weighted by Crippen LogP contribution is 2.28. The van der Waals surface area contributed by atoms with E-state index in [1.807, 2.05) is 52.0 Å². The van der Waals surface area contributed by atoms with Gasteiger partial charge in [-0.1, -0.05) is 23.8 Å². The van der Waals surface area contributed by atoms with Crippen LogP contribution < -0.4 is 10.2 Å². The number of nitrogens with zero attached hydrogens (tertiary/aromatic N) is 1. The lowest BCUT2D eigenvalue weighted by molar-refractivity contribution is 0.0358. The average Bonchev–Trinajstić information content (AvgIpc) is 3.06. The van der Waals surface area contributed by atoms with Gasteiger partial charge in [0, 0.05) is 23.1 Å². The molecule has 1 N–H and O–H groups in total. The molecule has 136 valence electrons. The third kappa shape index (κ3) is 3.57. The van der Waals surface area contributed by atoms with Crippen molar-refractivity contribution in [3.63, 3.8) is 0 Å². The van der Waals surface area contributed by atoms with Crippen LogP contribution in [0.3, 0.4) is 0 Å². The van der Waals surface area contributed by atoms with E-state index in [0.29, 0.717) is 24.2 Å². The average molecular weight is 352 g/mol. The number of amides is 2. The number of aryl methyl sites for hydroxylation is 1. The van der Waals surface area contributed by atoms with Crippen LogP contribution in [-0.2, 0) is 6.42 Å². The fraction of sp³-hybridized carbons (Fsp3) is 0.333. The minimum absolute atomic E-state index is 0.238. The van der Waals surface area contributed by atoms with E-state index in [1.54, 1.807) is 18.2 Å². The minimum atomic E-state index is -0.578. The predicted molar refractivity (Wildman–Crippen MR) is 100 cm³/mol. The number of nitrogens with one attached hydrogen (secondary N) is 1. The van der Waals surface area contributed by atoms with Crippen LogP contribution in [0.2, 0.25) is 0 Å². The summed E-state index contributed by atoms with van der Waals surface area (Å²) in [4.78, 5) is 25.9. The van der Waals surface area contributed by atoms with Crippen LogP contribution in [0, 0.1) is 6.92 Å². The molecule has 2 aromatic rings. The molecule has 0 bridgehead atoms. The van der Waals surface area contributed by atoms with Crippen molar-refractivity contribution in [1.29, 1.82) is 0 Å². The van der Waals surface area contributed by atoms with Gasteiger partial charge in [-0.2, -0.15) is 0 Å². The lowest BCUT2D eigenvalue weighted by Crippen LogP contribution is -2.56. The largest absolute Gasteiger partial charge is 0.493 e. The van der Waals surface area contributed by atoms with Crippen LogP contribution in [0.25, 0.3) is 0 Å². The Morgan fingerprint density at radius 3 is 2.54 bits per heavy atom. The van der Waals surface area contributed by atoms with Crippen LogP contribution in [-0.4, -0.2) is 29.0 Å². The second-order valence-corrected chi connectivity index (χ2v) is 7.50. The molecule has 1 aliphatic heterocycles. The Kier molecular flexibility index (Phi) is 4.72. The molecule has 0 saturated carbocycles. The molecule has 0 aliphatic carbocycles. The number of fused-ring (bicyclic) bond motifs is 1. The zero-order chi connectivity index (χ0) is 18.9. The van der Waals surface area contributed by atoms with Gasteiger partial charge in [0.15, 0.2) is 0 Å². The van der Waals surface area contributed by atoms with Crippen molar-refractivity contribution in [3.05, 3.63) is 64.7 Å². The van der Waals surface area contributed by atoms with E-state index in [4.69, 9.17) is 4.74 Å². The van der Waals surface area contributed by atoms with Crippen LogP contribution in [0.15, 0.2) is 42.5 Å². The Morgan fingerprint density at radius 1 is 1.12 bits per heavy atom. The van der Waals surface area contributed by atoms with Gasteiger partial charge in [-0.25, -0.2) is 5.01 Å². The maximum Gasteiger partial charge on any atom is 0.272 e. The summed E-state index contributed by atoms with van der Waals surface area (Å²) in [5.41, 5.74) is 5.21. The molecule has 0 radical (unpaired) electrons. The molecule has 3 rings (SSSR count). The van der Waals surface area contributed by atoms with Gasteiger partial charge in [-0.15, -0.1) is 0 Å². The summed E-state index contributed by atoms with van der Waals surface area (Å²) >= 11 is 0. The van der Waals surface area contributed by atoms with E-state index in [1.165, 1.54) is 5.01 Å². The number of carbonyl (C=O) groups is 2. The van der Waals surface area contributed by atoms with Gasteiger partial charge >= 0.3 is 0 Å². The van der Waals surface area contributed by atoms with Crippen LogP contribution in [0.1, 0.15) is 52.6 Å². The Morgan fingerprint density at radius 2 is 1.85 bits per heavy atom. The van der Waals surface area contributed by atoms with Gasteiger partial charge in [0.1, 0.15) is 5.75 Å². The molecule has 5 nitrogen and oxygen atoms in total. The van der Waals surface area contributed by atoms with Crippen molar-refractivity contribution < 1.29 is 14.3 Å². The molecule has 0 fully saturated rings. The second kappa shape index (κ2) is 6.83. The number of rotatable bonds is 2. The molecule has 0 spiro atoms. The molecule has 0 aromatic heterocycles. The number of benzene rings is 2. The monoisotopic (exact) mass is 352 g/mol. The molecular weight excluding hydrogens is 328 g/mol. The summed E-state index contributed by atoms with van der Waals surface area (Å²) < 4.78 is 5.53. The summed E-state index contributed by atoms with van der Waals surface area (Å²) in [5, 5.41) is 1.40. The van der Waals surface area contributed by atoms with Gasteiger partial charge in [0.05, 0.1) is 12.1 Å². The second-order valence-electron chi connectivity index (χ2n) is 7.50. The fourth-order valence-corrected chi connectivity index (χ4v) is 3.03. The lowest BCUT2D eigenvalue weighted by atomic mass is 10.0. The van der Waals surface area contributed by atoms with Gasteiger partial charge in [-0.05, 0) is 52.0 Å². The number of hydrogen-bond donors (Lipinski definition) is 1. The number of carbonyl (C=O) groups excluding carboxylic acids is 2. The Labute approximate surface area is 153 Å². The molecule has 2 aromatic carbocycles. The van der Waals surface area contributed by atoms with E-state index in [-0.39, 0.29) is 11.8 Å². The van der Waals surface area contributed by atoms with Crippen molar-refractivity contribution in [2.75, 3.05) is 6.61 Å². The summed E-state index contributed by atoms with van der Waals surface area (Å²) in [6, 6.07) is 12.8. The van der Waals surface area contributed by atoms with Gasteiger partial charge in [0.25, 0.3) is 11.8 Å². The van der Waals surface area contributed by atoms with Crippen molar-refractivity contribution >= 4 is 11.8 Å². The lowest BCUT2D eigenvalue weighted by Gasteiger charge is -2.35. The summed E-state index contributed by atoms with van der Waals surface area (Å²) in [6.45, 7) is 8.17. The zero-order valence-electron chi connectivity index (χ0n) is 15.6. The molecule has 0 unspecified atom stereocenters. The third-order valence-corrected chi connectivity index (χ3v) is 4.34. The standard InChI is InChI=1S/C21H24N2O3/c1-14-7-5-8-15(13-14)20(25)23(21(2,3)4)22-19(24)17-9-6-10-18-16(17)11-12-26-18/h5-10,13H,11-12H2,1-4H3,(H,22,24). The number of hydrogen-bond acceptors (Lipinski definition) is 3. The highest BCUT2D eigenvalue weighted by Gasteiger charge is 2.31. The van der Waals surface area contributed by atoms with Crippen molar-refractivity contribution in [3.8, 4) is 5.75 Å². The smallest absolute Gasteiger partial charge is 0.272 e. The van der Waals surface area contributed by atoms with Crippen LogP contribution in [0.5, 0.6) is 5.75 Å².